The third-order valence-corrected chi connectivity index (χ3v) is 4.69. The molecule has 0 radical (unpaired) electrons. The molecule has 2 rings (SSSR count). The molecule has 2 aromatic rings. The molecule has 4 nitrogen and oxygen atoms in total. The van der Waals surface area contributed by atoms with E-state index in [1.807, 2.05) is 49.6 Å². The molecule has 0 aliphatic rings. The SMILES string of the molecule is CSc1ccccc1NC(=O)CCN(Cc1ccc(C)o1)C(C)C. The number of amides is 1. The van der Waals surface area contributed by atoms with Crippen LogP contribution < -0.4 is 5.32 Å². The summed E-state index contributed by atoms with van der Waals surface area (Å²) in [5.74, 6) is 1.90. The van der Waals surface area contributed by atoms with Gasteiger partial charge in [0.2, 0.25) is 5.91 Å². The molecule has 0 bridgehead atoms. The van der Waals surface area contributed by atoms with Gasteiger partial charge in [-0.2, -0.15) is 0 Å². The second kappa shape index (κ2) is 8.94. The molecule has 1 aromatic heterocycles. The average molecular weight is 346 g/mol. The fourth-order valence-electron chi connectivity index (χ4n) is 2.50. The second-order valence-corrected chi connectivity index (χ2v) is 6.92. The van der Waals surface area contributed by atoms with E-state index >= 15 is 0 Å². The Balaban J connectivity index is 1.90. The number of para-hydroxylation sites is 1. The van der Waals surface area contributed by atoms with E-state index < -0.39 is 0 Å². The van der Waals surface area contributed by atoms with E-state index in [1.54, 1.807) is 11.8 Å². The molecule has 24 heavy (non-hydrogen) atoms. The highest BCUT2D eigenvalue weighted by Gasteiger charge is 2.14. The molecule has 0 unspecified atom stereocenters. The highest BCUT2D eigenvalue weighted by atomic mass is 32.2. The van der Waals surface area contributed by atoms with Crippen LogP contribution in [0.5, 0.6) is 0 Å². The van der Waals surface area contributed by atoms with Crippen molar-refractivity contribution >= 4 is 23.4 Å². The largest absolute Gasteiger partial charge is 0.465 e. The smallest absolute Gasteiger partial charge is 0.225 e. The predicted octanol–water partition coefficient (Wildman–Crippen LogP) is 4.55. The summed E-state index contributed by atoms with van der Waals surface area (Å²) >= 11 is 1.63. The lowest BCUT2D eigenvalue weighted by Crippen LogP contribution is -2.33. The standard InChI is InChI=1S/C19H26N2O2S/c1-14(2)21(13-16-10-9-15(3)23-16)12-11-19(22)20-17-7-5-6-8-18(17)24-4/h5-10,14H,11-13H2,1-4H3,(H,20,22). The van der Waals surface area contributed by atoms with Crippen LogP contribution in [0.3, 0.4) is 0 Å². The highest BCUT2D eigenvalue weighted by Crippen LogP contribution is 2.24. The minimum Gasteiger partial charge on any atom is -0.465 e. The molecule has 0 spiro atoms. The Morgan fingerprint density at radius 3 is 2.62 bits per heavy atom. The topological polar surface area (TPSA) is 45.5 Å². The fourth-order valence-corrected chi connectivity index (χ4v) is 3.05. The van der Waals surface area contributed by atoms with Crippen molar-refractivity contribution in [2.75, 3.05) is 18.1 Å². The first-order chi connectivity index (χ1) is 11.5. The van der Waals surface area contributed by atoms with Gasteiger partial charge >= 0.3 is 0 Å². The minimum absolute atomic E-state index is 0.0396. The van der Waals surface area contributed by atoms with E-state index in [9.17, 15) is 4.79 Å². The third kappa shape index (κ3) is 5.42. The van der Waals surface area contributed by atoms with Crippen LogP contribution in [0.15, 0.2) is 45.7 Å². The number of benzene rings is 1. The summed E-state index contributed by atoms with van der Waals surface area (Å²) in [5.41, 5.74) is 0.882. The summed E-state index contributed by atoms with van der Waals surface area (Å²) in [4.78, 5) is 15.6. The fraction of sp³-hybridized carbons (Fsp3) is 0.421. The van der Waals surface area contributed by atoms with Crippen molar-refractivity contribution in [3.05, 3.63) is 47.9 Å². The van der Waals surface area contributed by atoms with Crippen molar-refractivity contribution in [2.45, 2.75) is 44.7 Å². The van der Waals surface area contributed by atoms with Gasteiger partial charge in [-0.3, -0.25) is 9.69 Å². The lowest BCUT2D eigenvalue weighted by atomic mass is 10.2. The second-order valence-electron chi connectivity index (χ2n) is 6.08. The van der Waals surface area contributed by atoms with Crippen molar-refractivity contribution in [1.82, 2.24) is 4.90 Å². The van der Waals surface area contributed by atoms with E-state index in [2.05, 4.69) is 24.1 Å². The first-order valence-corrected chi connectivity index (χ1v) is 9.44. The monoisotopic (exact) mass is 346 g/mol. The summed E-state index contributed by atoms with van der Waals surface area (Å²) in [5, 5.41) is 3.01. The number of hydrogen-bond donors (Lipinski definition) is 1. The molecule has 0 aliphatic carbocycles. The number of carbonyl (C=O) groups is 1. The molecule has 0 aliphatic heterocycles. The summed E-state index contributed by atoms with van der Waals surface area (Å²) < 4.78 is 5.65. The van der Waals surface area contributed by atoms with Crippen LogP contribution >= 0.6 is 11.8 Å². The Morgan fingerprint density at radius 2 is 2.00 bits per heavy atom. The zero-order chi connectivity index (χ0) is 17.5. The number of carbonyl (C=O) groups excluding carboxylic acids is 1. The van der Waals surface area contributed by atoms with Crippen LogP contribution in [0.4, 0.5) is 5.69 Å². The maximum atomic E-state index is 12.3. The van der Waals surface area contributed by atoms with Crippen LogP contribution in [-0.2, 0) is 11.3 Å². The maximum absolute atomic E-state index is 12.3. The van der Waals surface area contributed by atoms with Gasteiger partial charge < -0.3 is 9.73 Å². The van der Waals surface area contributed by atoms with E-state index in [4.69, 9.17) is 4.42 Å². The Bertz CT molecular complexity index is 667. The lowest BCUT2D eigenvalue weighted by molar-refractivity contribution is -0.116. The van der Waals surface area contributed by atoms with Gasteiger partial charge in [-0.25, -0.2) is 0 Å². The Kier molecular flexibility index (Phi) is 6.94. The van der Waals surface area contributed by atoms with Gasteiger partial charge in [0.05, 0.1) is 12.2 Å². The van der Waals surface area contributed by atoms with Crippen molar-refractivity contribution < 1.29 is 9.21 Å². The normalized spacial score (nSPS) is 11.2. The van der Waals surface area contributed by atoms with Gasteiger partial charge in [-0.1, -0.05) is 12.1 Å². The van der Waals surface area contributed by atoms with Crippen LogP contribution in [0, 0.1) is 6.92 Å². The Morgan fingerprint density at radius 1 is 1.25 bits per heavy atom. The number of hydrogen-bond acceptors (Lipinski definition) is 4. The zero-order valence-electron chi connectivity index (χ0n) is 14.8. The molecule has 1 amide bonds. The van der Waals surface area contributed by atoms with Crippen LogP contribution in [0.25, 0.3) is 0 Å². The average Bonchev–Trinajstić information content (AvgIpc) is 2.96. The number of rotatable bonds is 8. The van der Waals surface area contributed by atoms with Gasteiger partial charge in [0.1, 0.15) is 11.5 Å². The van der Waals surface area contributed by atoms with E-state index in [0.29, 0.717) is 19.0 Å². The molecule has 130 valence electrons. The summed E-state index contributed by atoms with van der Waals surface area (Å²) in [6.07, 6.45) is 2.47. The molecular formula is C19H26N2O2S. The van der Waals surface area contributed by atoms with Gasteiger partial charge in [-0.05, 0) is 51.3 Å². The van der Waals surface area contributed by atoms with Crippen LogP contribution in [0.2, 0.25) is 0 Å². The first-order valence-electron chi connectivity index (χ1n) is 8.22. The number of furan rings is 1. The minimum atomic E-state index is 0.0396. The van der Waals surface area contributed by atoms with E-state index in [0.717, 1.165) is 28.6 Å². The molecule has 0 atom stereocenters. The number of thioether (sulfide) groups is 1. The lowest BCUT2D eigenvalue weighted by Gasteiger charge is -2.25. The van der Waals surface area contributed by atoms with E-state index in [-0.39, 0.29) is 5.91 Å². The van der Waals surface area contributed by atoms with E-state index in [1.165, 1.54) is 0 Å². The molecule has 0 fully saturated rings. The maximum Gasteiger partial charge on any atom is 0.225 e. The summed E-state index contributed by atoms with van der Waals surface area (Å²) in [7, 11) is 0. The Labute approximate surface area is 148 Å². The molecule has 1 aromatic carbocycles. The van der Waals surface area contributed by atoms with Gasteiger partial charge in [0, 0.05) is 23.9 Å². The molecule has 5 heteroatoms. The first kappa shape index (κ1) is 18.6. The number of nitrogens with zero attached hydrogens (tertiary/aromatic N) is 1. The third-order valence-electron chi connectivity index (χ3n) is 3.89. The number of anilines is 1. The van der Waals surface area contributed by atoms with Gasteiger partial charge in [0.25, 0.3) is 0 Å². The predicted molar refractivity (Wildman–Crippen MR) is 100 cm³/mol. The molecule has 0 saturated carbocycles. The number of nitrogens with one attached hydrogen (secondary N) is 1. The van der Waals surface area contributed by atoms with Gasteiger partial charge in [-0.15, -0.1) is 11.8 Å². The summed E-state index contributed by atoms with van der Waals surface area (Å²) in [6, 6.07) is 12.2. The molecule has 1 N–H and O–H groups in total. The van der Waals surface area contributed by atoms with Crippen LogP contribution in [0.1, 0.15) is 31.8 Å². The van der Waals surface area contributed by atoms with Crippen LogP contribution in [-0.4, -0.2) is 29.6 Å². The van der Waals surface area contributed by atoms with Crippen molar-refractivity contribution in [3.63, 3.8) is 0 Å². The number of aryl methyl sites for hydroxylation is 1. The van der Waals surface area contributed by atoms with Crippen molar-refractivity contribution in [3.8, 4) is 0 Å². The highest BCUT2D eigenvalue weighted by molar-refractivity contribution is 7.98. The Hall–Kier alpha value is -1.72. The molecule has 1 heterocycles. The van der Waals surface area contributed by atoms with Crippen molar-refractivity contribution in [1.29, 1.82) is 0 Å². The molecular weight excluding hydrogens is 320 g/mol. The van der Waals surface area contributed by atoms with Gasteiger partial charge in [0.15, 0.2) is 0 Å². The van der Waals surface area contributed by atoms with Crippen molar-refractivity contribution in [2.24, 2.45) is 0 Å². The molecule has 0 saturated heterocycles. The quantitative estimate of drug-likeness (QED) is 0.712. The summed E-state index contributed by atoms with van der Waals surface area (Å²) in [6.45, 7) is 7.64. The zero-order valence-corrected chi connectivity index (χ0v) is 15.7.